The number of nitrogens with zero attached hydrogens (tertiary/aromatic N) is 2. The first-order valence-corrected chi connectivity index (χ1v) is 6.36. The van der Waals surface area contributed by atoms with Gasteiger partial charge in [-0.3, -0.25) is 0 Å². The third-order valence-electron chi connectivity index (χ3n) is 2.74. The molecule has 102 valence electrons. The van der Waals surface area contributed by atoms with Crippen molar-refractivity contribution in [3.8, 4) is 17.9 Å². The molecule has 2 aromatic carbocycles. The standard InChI is InChI=1S/C17H13N3O/c18-10-15(11-19)12-20-16-8-4-5-9-17(16)21-13-14-6-2-1-3-7-14/h1-9,12,20H,13H2. The number of hydrogen-bond donors (Lipinski definition) is 1. The molecule has 0 heterocycles. The molecule has 0 bridgehead atoms. The normalized spacial score (nSPS) is 9.05. The highest BCUT2D eigenvalue weighted by Crippen LogP contribution is 2.24. The van der Waals surface area contributed by atoms with Crippen LogP contribution < -0.4 is 10.1 Å². The van der Waals surface area contributed by atoms with E-state index >= 15 is 0 Å². The highest BCUT2D eigenvalue weighted by molar-refractivity contribution is 5.59. The van der Waals surface area contributed by atoms with Gasteiger partial charge in [0.1, 0.15) is 30.1 Å². The first kappa shape index (κ1) is 14.2. The Morgan fingerprint density at radius 2 is 1.67 bits per heavy atom. The maximum atomic E-state index is 8.71. The summed E-state index contributed by atoms with van der Waals surface area (Å²) in [4.78, 5) is 0. The molecule has 0 aromatic heterocycles. The highest BCUT2D eigenvalue weighted by Gasteiger charge is 2.02. The van der Waals surface area contributed by atoms with E-state index in [-0.39, 0.29) is 5.57 Å². The van der Waals surface area contributed by atoms with Gasteiger partial charge in [0, 0.05) is 6.20 Å². The molecule has 4 nitrogen and oxygen atoms in total. The number of anilines is 1. The molecule has 0 saturated heterocycles. The minimum Gasteiger partial charge on any atom is -0.487 e. The lowest BCUT2D eigenvalue weighted by atomic mass is 10.2. The van der Waals surface area contributed by atoms with Crippen molar-refractivity contribution in [1.82, 2.24) is 0 Å². The number of rotatable bonds is 5. The monoisotopic (exact) mass is 275 g/mol. The Bertz CT molecular complexity index is 693. The Hall–Kier alpha value is -3.24. The summed E-state index contributed by atoms with van der Waals surface area (Å²) in [6, 6.07) is 20.8. The smallest absolute Gasteiger partial charge is 0.145 e. The molecule has 0 amide bonds. The van der Waals surface area contributed by atoms with E-state index in [0.717, 1.165) is 5.56 Å². The minimum atomic E-state index is 0.00728. The van der Waals surface area contributed by atoms with E-state index in [1.54, 1.807) is 12.1 Å². The van der Waals surface area contributed by atoms with E-state index < -0.39 is 0 Å². The zero-order valence-corrected chi connectivity index (χ0v) is 11.3. The molecule has 0 aliphatic heterocycles. The predicted molar refractivity (Wildman–Crippen MR) is 80.1 cm³/mol. The molecule has 4 heteroatoms. The number of allylic oxidation sites excluding steroid dienone is 1. The molecule has 21 heavy (non-hydrogen) atoms. The lowest BCUT2D eigenvalue weighted by Gasteiger charge is -2.11. The van der Waals surface area contributed by atoms with E-state index in [1.807, 2.05) is 54.6 Å². The summed E-state index contributed by atoms with van der Waals surface area (Å²) < 4.78 is 5.77. The van der Waals surface area contributed by atoms with Gasteiger partial charge >= 0.3 is 0 Å². The largest absolute Gasteiger partial charge is 0.487 e. The number of ether oxygens (including phenoxy) is 1. The molecule has 0 unspecified atom stereocenters. The van der Waals surface area contributed by atoms with Gasteiger partial charge in [-0.2, -0.15) is 10.5 Å². The van der Waals surface area contributed by atoms with Gasteiger partial charge in [-0.25, -0.2) is 0 Å². The molecule has 0 saturated carbocycles. The number of benzene rings is 2. The van der Waals surface area contributed by atoms with Crippen molar-refractivity contribution < 1.29 is 4.74 Å². The van der Waals surface area contributed by atoms with E-state index in [2.05, 4.69) is 5.32 Å². The van der Waals surface area contributed by atoms with Gasteiger partial charge in [-0.05, 0) is 17.7 Å². The third kappa shape index (κ3) is 4.12. The van der Waals surface area contributed by atoms with Crippen LogP contribution in [0.5, 0.6) is 5.75 Å². The predicted octanol–water partition coefficient (Wildman–Crippen LogP) is 3.61. The van der Waals surface area contributed by atoms with Crippen molar-refractivity contribution in [2.45, 2.75) is 6.61 Å². The topological polar surface area (TPSA) is 68.8 Å². The zero-order chi connectivity index (χ0) is 14.9. The number of hydrogen-bond acceptors (Lipinski definition) is 4. The molecular weight excluding hydrogens is 262 g/mol. The van der Waals surface area contributed by atoms with Gasteiger partial charge in [0.15, 0.2) is 0 Å². The van der Waals surface area contributed by atoms with Crippen molar-refractivity contribution in [2.75, 3.05) is 5.32 Å². The van der Waals surface area contributed by atoms with Crippen LogP contribution in [0.3, 0.4) is 0 Å². The quantitative estimate of drug-likeness (QED) is 0.846. The van der Waals surface area contributed by atoms with E-state index in [9.17, 15) is 0 Å². The molecule has 0 atom stereocenters. The van der Waals surface area contributed by atoms with Crippen molar-refractivity contribution in [3.05, 3.63) is 71.9 Å². The Morgan fingerprint density at radius 1 is 1.00 bits per heavy atom. The molecule has 1 N–H and O–H groups in total. The second kappa shape index (κ2) is 7.37. The molecule has 0 fully saturated rings. The summed E-state index contributed by atoms with van der Waals surface area (Å²) in [6.07, 6.45) is 1.37. The van der Waals surface area contributed by atoms with Crippen LogP contribution in [0.4, 0.5) is 5.69 Å². The third-order valence-corrected chi connectivity index (χ3v) is 2.74. The van der Waals surface area contributed by atoms with Crippen molar-refractivity contribution in [2.24, 2.45) is 0 Å². The molecule has 2 rings (SSSR count). The Morgan fingerprint density at radius 3 is 2.38 bits per heavy atom. The lowest BCUT2D eigenvalue weighted by Crippen LogP contribution is -1.99. The van der Waals surface area contributed by atoms with Gasteiger partial charge in [0.2, 0.25) is 0 Å². The number of nitrogens with one attached hydrogen (secondary N) is 1. The van der Waals surface area contributed by atoms with Crippen LogP contribution in [-0.2, 0) is 6.61 Å². The summed E-state index contributed by atoms with van der Waals surface area (Å²) in [7, 11) is 0. The van der Waals surface area contributed by atoms with Gasteiger partial charge < -0.3 is 10.1 Å². The summed E-state index contributed by atoms with van der Waals surface area (Å²) >= 11 is 0. The van der Waals surface area contributed by atoms with Gasteiger partial charge in [-0.1, -0.05) is 42.5 Å². The van der Waals surface area contributed by atoms with E-state index in [0.29, 0.717) is 18.0 Å². The van der Waals surface area contributed by atoms with Crippen LogP contribution in [0.1, 0.15) is 5.56 Å². The van der Waals surface area contributed by atoms with Crippen LogP contribution >= 0.6 is 0 Å². The number of nitriles is 2. The zero-order valence-electron chi connectivity index (χ0n) is 11.3. The second-order valence-electron chi connectivity index (χ2n) is 4.20. The maximum Gasteiger partial charge on any atom is 0.145 e. The summed E-state index contributed by atoms with van der Waals surface area (Å²) in [6.45, 7) is 0.451. The first-order valence-electron chi connectivity index (χ1n) is 6.36. The Balaban J connectivity index is 2.09. The van der Waals surface area contributed by atoms with Crippen LogP contribution in [0.25, 0.3) is 0 Å². The van der Waals surface area contributed by atoms with Crippen molar-refractivity contribution in [1.29, 1.82) is 10.5 Å². The van der Waals surface area contributed by atoms with Crippen LogP contribution in [0, 0.1) is 22.7 Å². The molecule has 0 aliphatic carbocycles. The maximum absolute atomic E-state index is 8.71. The molecule has 0 aliphatic rings. The fourth-order valence-corrected chi connectivity index (χ4v) is 1.69. The average Bonchev–Trinajstić information content (AvgIpc) is 2.56. The Kier molecular flexibility index (Phi) is 4.98. The van der Waals surface area contributed by atoms with E-state index in [1.165, 1.54) is 6.20 Å². The fourth-order valence-electron chi connectivity index (χ4n) is 1.69. The first-order chi connectivity index (χ1) is 10.3. The fraction of sp³-hybridized carbons (Fsp3) is 0.0588. The van der Waals surface area contributed by atoms with Crippen LogP contribution in [0.15, 0.2) is 66.4 Å². The average molecular weight is 275 g/mol. The van der Waals surface area contributed by atoms with E-state index in [4.69, 9.17) is 15.3 Å². The molecule has 0 radical (unpaired) electrons. The molecule has 2 aromatic rings. The van der Waals surface area contributed by atoms with Crippen LogP contribution in [0.2, 0.25) is 0 Å². The highest BCUT2D eigenvalue weighted by atomic mass is 16.5. The van der Waals surface area contributed by atoms with Crippen molar-refractivity contribution in [3.63, 3.8) is 0 Å². The molecular formula is C17H13N3O. The van der Waals surface area contributed by atoms with Crippen molar-refractivity contribution >= 4 is 5.69 Å². The number of para-hydroxylation sites is 2. The Labute approximate surface area is 123 Å². The van der Waals surface area contributed by atoms with Gasteiger partial charge in [0.25, 0.3) is 0 Å². The van der Waals surface area contributed by atoms with Crippen LogP contribution in [-0.4, -0.2) is 0 Å². The summed E-state index contributed by atoms with van der Waals surface area (Å²) in [5.74, 6) is 0.660. The minimum absolute atomic E-state index is 0.00728. The molecule has 0 spiro atoms. The SMILES string of the molecule is N#CC(C#N)=CNc1ccccc1OCc1ccccc1. The summed E-state index contributed by atoms with van der Waals surface area (Å²) in [5.41, 5.74) is 1.78. The van der Waals surface area contributed by atoms with Gasteiger partial charge in [0.05, 0.1) is 5.69 Å². The summed E-state index contributed by atoms with van der Waals surface area (Å²) in [5, 5.41) is 20.3. The van der Waals surface area contributed by atoms with Gasteiger partial charge in [-0.15, -0.1) is 0 Å². The second-order valence-corrected chi connectivity index (χ2v) is 4.20. The lowest BCUT2D eigenvalue weighted by molar-refractivity contribution is 0.308.